The molecular weight excluding hydrogens is 457 g/mol. The first kappa shape index (κ1) is 19.2. The van der Waals surface area contributed by atoms with Crippen LogP contribution in [-0.4, -0.2) is 25.4 Å². The van der Waals surface area contributed by atoms with Crippen LogP contribution in [-0.2, 0) is 25.8 Å². The Morgan fingerprint density at radius 1 is 1.31 bits per heavy atom. The number of hydrogen-bond donors (Lipinski definition) is 0. The summed E-state index contributed by atoms with van der Waals surface area (Å²) in [7, 11) is -4.89. The van der Waals surface area contributed by atoms with Gasteiger partial charge < -0.3 is 4.42 Å². The lowest BCUT2D eigenvalue weighted by atomic mass is 10.3. The predicted molar refractivity (Wildman–Crippen MR) is 95.7 cm³/mol. The molecule has 0 bridgehead atoms. The summed E-state index contributed by atoms with van der Waals surface area (Å²) in [5, 5.41) is 0. The zero-order valence-electron chi connectivity index (χ0n) is 13.1. The second-order valence-corrected chi connectivity index (χ2v) is 9.34. The Labute approximate surface area is 159 Å². The SMILES string of the molecule is CC[SH+](=O)c1cc(Br)cnc1-c1nc2cc(S(=O)C(F)(F)F)ccc2o1. The molecule has 0 saturated heterocycles. The molecule has 2 aromatic heterocycles. The Morgan fingerprint density at radius 3 is 2.69 bits per heavy atom. The van der Waals surface area contributed by atoms with Crippen molar-refractivity contribution in [2.45, 2.75) is 22.2 Å². The van der Waals surface area contributed by atoms with E-state index < -0.39 is 32.0 Å². The van der Waals surface area contributed by atoms with Gasteiger partial charge in [-0.05, 0) is 41.1 Å². The number of oxazole rings is 1. The first-order chi connectivity index (χ1) is 12.2. The van der Waals surface area contributed by atoms with E-state index in [1.165, 1.54) is 12.3 Å². The first-order valence-corrected chi connectivity index (χ1v) is 10.6. The summed E-state index contributed by atoms with van der Waals surface area (Å²) in [6.45, 7) is 1.76. The van der Waals surface area contributed by atoms with E-state index in [1.807, 2.05) is 0 Å². The smallest absolute Gasteiger partial charge is 0.435 e. The Bertz CT molecular complexity index is 1040. The number of fused-ring (bicyclic) bond motifs is 1. The number of rotatable bonds is 4. The molecule has 2 unspecified atom stereocenters. The fourth-order valence-electron chi connectivity index (χ4n) is 2.21. The normalized spacial score (nSPS) is 14.5. The van der Waals surface area contributed by atoms with E-state index in [4.69, 9.17) is 4.42 Å². The third kappa shape index (κ3) is 3.74. The van der Waals surface area contributed by atoms with E-state index in [0.717, 1.165) is 12.1 Å². The van der Waals surface area contributed by atoms with Crippen molar-refractivity contribution in [2.24, 2.45) is 0 Å². The van der Waals surface area contributed by atoms with Gasteiger partial charge in [0, 0.05) is 16.7 Å². The molecule has 0 saturated carbocycles. The first-order valence-electron chi connectivity index (χ1n) is 7.20. The maximum atomic E-state index is 12.6. The Hall–Kier alpha value is -1.59. The molecule has 2 atom stereocenters. The van der Waals surface area contributed by atoms with Crippen LogP contribution in [0.1, 0.15) is 6.92 Å². The number of aromatic nitrogens is 2. The van der Waals surface area contributed by atoms with Gasteiger partial charge in [0.1, 0.15) is 22.1 Å². The summed E-state index contributed by atoms with van der Waals surface area (Å²) in [5.74, 6) is 0.421. The molecule has 11 heteroatoms. The minimum absolute atomic E-state index is 0.0363. The average molecular weight is 468 g/mol. The quantitative estimate of drug-likeness (QED) is 0.421. The van der Waals surface area contributed by atoms with Gasteiger partial charge in [0.05, 0.1) is 4.90 Å². The van der Waals surface area contributed by atoms with Crippen molar-refractivity contribution < 1.29 is 26.0 Å². The van der Waals surface area contributed by atoms with Crippen molar-refractivity contribution in [1.82, 2.24) is 9.97 Å². The highest BCUT2D eigenvalue weighted by atomic mass is 79.9. The monoisotopic (exact) mass is 467 g/mol. The molecule has 26 heavy (non-hydrogen) atoms. The lowest BCUT2D eigenvalue weighted by Gasteiger charge is -2.04. The molecule has 138 valence electrons. The summed E-state index contributed by atoms with van der Waals surface area (Å²) in [5.41, 5.74) is -4.28. The molecule has 0 aliphatic heterocycles. The average Bonchev–Trinajstić information content (AvgIpc) is 3.02. The second-order valence-electron chi connectivity index (χ2n) is 5.08. The predicted octanol–water partition coefficient (Wildman–Crippen LogP) is 4.35. The topological polar surface area (TPSA) is 73.1 Å². The molecule has 5 nitrogen and oxygen atoms in total. The summed E-state index contributed by atoms with van der Waals surface area (Å²) in [6, 6.07) is 5.04. The van der Waals surface area contributed by atoms with Gasteiger partial charge in [-0.1, -0.05) is 0 Å². The van der Waals surface area contributed by atoms with Crippen molar-refractivity contribution in [1.29, 1.82) is 0 Å². The highest BCUT2D eigenvalue weighted by Gasteiger charge is 2.38. The van der Waals surface area contributed by atoms with Crippen LogP contribution < -0.4 is 0 Å². The maximum Gasteiger partial charge on any atom is 0.475 e. The standard InChI is InChI=1S/C15H10BrF3N2O3S2/c1-2-25(22)12-5-8(16)7-20-13(12)14-21-10-6-9(3-4-11(10)24-14)26(23)15(17,18)19/h3-7H,2H2,1H3/p+1. The van der Waals surface area contributed by atoms with Gasteiger partial charge in [-0.3, -0.25) is 0 Å². The number of thiol groups is 1. The van der Waals surface area contributed by atoms with Gasteiger partial charge in [-0.15, -0.1) is 4.21 Å². The van der Waals surface area contributed by atoms with E-state index in [1.54, 1.807) is 13.0 Å². The number of nitrogens with zero attached hydrogens (tertiary/aromatic N) is 2. The van der Waals surface area contributed by atoms with E-state index in [0.29, 0.717) is 15.1 Å². The van der Waals surface area contributed by atoms with Gasteiger partial charge in [-0.25, -0.2) is 14.2 Å². The van der Waals surface area contributed by atoms with Gasteiger partial charge >= 0.3 is 5.51 Å². The van der Waals surface area contributed by atoms with Crippen LogP contribution in [0.25, 0.3) is 22.7 Å². The number of pyridine rings is 1. The van der Waals surface area contributed by atoms with Crippen LogP contribution in [0, 0.1) is 0 Å². The molecule has 0 spiro atoms. The van der Waals surface area contributed by atoms with E-state index in [2.05, 4.69) is 25.9 Å². The van der Waals surface area contributed by atoms with Crippen LogP contribution in [0.15, 0.2) is 49.1 Å². The van der Waals surface area contributed by atoms with Crippen molar-refractivity contribution in [3.8, 4) is 11.6 Å². The van der Waals surface area contributed by atoms with Crippen LogP contribution >= 0.6 is 15.9 Å². The van der Waals surface area contributed by atoms with Crippen LogP contribution in [0.3, 0.4) is 0 Å². The van der Waals surface area contributed by atoms with Crippen LogP contribution in [0.2, 0.25) is 0 Å². The highest BCUT2D eigenvalue weighted by molar-refractivity contribution is 9.10. The molecule has 0 radical (unpaired) electrons. The number of benzene rings is 1. The number of hydrogen-bond acceptors (Lipinski definition) is 5. The highest BCUT2D eigenvalue weighted by Crippen LogP contribution is 2.32. The van der Waals surface area contributed by atoms with Crippen molar-refractivity contribution in [3.63, 3.8) is 0 Å². The van der Waals surface area contributed by atoms with Gasteiger partial charge in [-0.2, -0.15) is 13.2 Å². The zero-order chi connectivity index (χ0) is 19.1. The Morgan fingerprint density at radius 2 is 2.04 bits per heavy atom. The molecule has 2 heterocycles. The van der Waals surface area contributed by atoms with E-state index in [9.17, 15) is 21.6 Å². The van der Waals surface area contributed by atoms with Crippen LogP contribution in [0.5, 0.6) is 0 Å². The summed E-state index contributed by atoms with van der Waals surface area (Å²) < 4.78 is 67.8. The summed E-state index contributed by atoms with van der Waals surface area (Å²) in [6.07, 6.45) is 1.48. The summed E-state index contributed by atoms with van der Waals surface area (Å²) in [4.78, 5) is 8.33. The second kappa shape index (κ2) is 7.20. The summed E-state index contributed by atoms with van der Waals surface area (Å²) >= 11 is 3.26. The molecule has 3 rings (SSSR count). The van der Waals surface area contributed by atoms with E-state index >= 15 is 0 Å². The molecule has 3 aromatic rings. The van der Waals surface area contributed by atoms with E-state index in [-0.39, 0.29) is 22.7 Å². The minimum Gasteiger partial charge on any atom is -0.435 e. The maximum absolute atomic E-state index is 12.6. The van der Waals surface area contributed by atoms with Gasteiger partial charge in [0.25, 0.3) is 5.89 Å². The Kier molecular flexibility index (Phi) is 5.31. The van der Waals surface area contributed by atoms with Gasteiger partial charge in [0.2, 0.25) is 0 Å². The lowest BCUT2D eigenvalue weighted by Crippen LogP contribution is -2.16. The largest absolute Gasteiger partial charge is 0.475 e. The van der Waals surface area contributed by atoms with Crippen LogP contribution in [0.4, 0.5) is 13.2 Å². The van der Waals surface area contributed by atoms with Crippen molar-refractivity contribution in [3.05, 3.63) is 34.9 Å². The fourth-order valence-corrected chi connectivity index (χ4v) is 4.41. The van der Waals surface area contributed by atoms with Gasteiger partial charge in [0.15, 0.2) is 27.0 Å². The molecule has 0 amide bonds. The molecule has 0 N–H and O–H groups in total. The fraction of sp³-hybridized carbons (Fsp3) is 0.200. The third-order valence-electron chi connectivity index (χ3n) is 3.38. The molecule has 0 aliphatic rings. The number of halogens is 4. The lowest BCUT2D eigenvalue weighted by molar-refractivity contribution is -0.0384. The molecule has 0 fully saturated rings. The molecular formula is C15H11BrF3N2O3S2+. The molecule has 0 aliphatic carbocycles. The molecule has 1 aromatic carbocycles. The third-order valence-corrected chi connectivity index (χ3v) is 6.36. The number of alkyl halides is 3. The van der Waals surface area contributed by atoms with Crippen molar-refractivity contribution >= 4 is 48.6 Å². The minimum atomic E-state index is -4.86. The Balaban J connectivity index is 2.11. The zero-order valence-corrected chi connectivity index (χ0v) is 16.4. The van der Waals surface area contributed by atoms with Crippen molar-refractivity contribution in [2.75, 3.05) is 5.75 Å².